The smallest absolute Gasteiger partial charge is 0.175 e. The van der Waals surface area contributed by atoms with E-state index in [0.29, 0.717) is 28.9 Å². The molecule has 3 aromatic rings. The van der Waals surface area contributed by atoms with Crippen LogP contribution < -0.4 is 10.1 Å². The van der Waals surface area contributed by atoms with Crippen LogP contribution in [-0.4, -0.2) is 9.97 Å². The second-order valence-electron chi connectivity index (χ2n) is 6.24. The highest BCUT2D eigenvalue weighted by molar-refractivity contribution is 5.61. The van der Waals surface area contributed by atoms with Crippen molar-refractivity contribution in [3.63, 3.8) is 0 Å². The van der Waals surface area contributed by atoms with E-state index in [-0.39, 0.29) is 5.75 Å². The molecule has 0 bridgehead atoms. The van der Waals surface area contributed by atoms with Crippen molar-refractivity contribution in [1.82, 2.24) is 9.97 Å². The van der Waals surface area contributed by atoms with Gasteiger partial charge in [-0.3, -0.25) is 0 Å². The summed E-state index contributed by atoms with van der Waals surface area (Å²) in [5.74, 6) is -0.0115. The van der Waals surface area contributed by atoms with Gasteiger partial charge in [-0.2, -0.15) is 5.26 Å². The lowest BCUT2D eigenvalue weighted by Crippen LogP contribution is -2.01. The zero-order valence-electron chi connectivity index (χ0n) is 14.1. The van der Waals surface area contributed by atoms with Crippen LogP contribution in [0.15, 0.2) is 48.8 Å². The second-order valence-corrected chi connectivity index (χ2v) is 6.24. The van der Waals surface area contributed by atoms with Crippen molar-refractivity contribution in [3.8, 4) is 17.6 Å². The monoisotopic (exact) mass is 364 g/mol. The lowest BCUT2D eigenvalue weighted by molar-refractivity contribution is 0.437. The quantitative estimate of drug-likeness (QED) is 0.687. The van der Waals surface area contributed by atoms with Gasteiger partial charge in [0.15, 0.2) is 23.1 Å². The molecule has 5 nitrogen and oxygen atoms in total. The third-order valence-electron chi connectivity index (χ3n) is 4.18. The summed E-state index contributed by atoms with van der Waals surface area (Å²) < 4.78 is 32.8. The van der Waals surface area contributed by atoms with Crippen molar-refractivity contribution in [3.05, 3.63) is 71.6 Å². The molecule has 2 aromatic heterocycles. The Bertz CT molecular complexity index is 1030. The third-order valence-corrected chi connectivity index (χ3v) is 4.18. The number of hydrogen-bond donors (Lipinski definition) is 1. The minimum atomic E-state index is -0.797. The summed E-state index contributed by atoms with van der Waals surface area (Å²) in [7, 11) is 0. The Morgan fingerprint density at radius 2 is 1.89 bits per heavy atom. The SMILES string of the molecule is N#Cc1ccc(Nc2ncc(C3CC3)cc2Oc2ccc(F)cc2F)nc1. The van der Waals surface area contributed by atoms with Crippen molar-refractivity contribution in [2.24, 2.45) is 0 Å². The number of aromatic nitrogens is 2. The van der Waals surface area contributed by atoms with Gasteiger partial charge in [-0.1, -0.05) is 0 Å². The fraction of sp³-hybridized carbons (Fsp3) is 0.150. The van der Waals surface area contributed by atoms with E-state index in [1.54, 1.807) is 24.4 Å². The van der Waals surface area contributed by atoms with Crippen LogP contribution in [0.25, 0.3) is 0 Å². The minimum Gasteiger partial charge on any atom is -0.450 e. The molecule has 2 heterocycles. The molecule has 1 fully saturated rings. The molecule has 0 saturated heterocycles. The van der Waals surface area contributed by atoms with Crippen LogP contribution in [0, 0.1) is 23.0 Å². The molecular weight excluding hydrogens is 350 g/mol. The summed E-state index contributed by atoms with van der Waals surface area (Å²) >= 11 is 0. The first kappa shape index (κ1) is 16.9. The third kappa shape index (κ3) is 3.85. The van der Waals surface area contributed by atoms with Gasteiger partial charge in [-0.25, -0.2) is 18.7 Å². The predicted octanol–water partition coefficient (Wildman–Crippen LogP) is 5.04. The first-order valence-electron chi connectivity index (χ1n) is 8.38. The zero-order valence-corrected chi connectivity index (χ0v) is 14.1. The Morgan fingerprint density at radius 3 is 2.56 bits per heavy atom. The second kappa shape index (κ2) is 7.00. The number of rotatable bonds is 5. The number of ether oxygens (including phenoxy) is 1. The molecule has 0 radical (unpaired) electrons. The molecule has 0 atom stereocenters. The molecule has 0 unspecified atom stereocenters. The van der Waals surface area contributed by atoms with Crippen LogP contribution in [0.3, 0.4) is 0 Å². The Balaban J connectivity index is 1.66. The molecule has 1 aliphatic carbocycles. The largest absolute Gasteiger partial charge is 0.450 e. The Labute approximate surface area is 154 Å². The average Bonchev–Trinajstić information content (AvgIpc) is 3.51. The van der Waals surface area contributed by atoms with Crippen molar-refractivity contribution >= 4 is 11.6 Å². The van der Waals surface area contributed by atoms with Gasteiger partial charge in [0.2, 0.25) is 0 Å². The van der Waals surface area contributed by atoms with E-state index >= 15 is 0 Å². The molecule has 1 aromatic carbocycles. The van der Waals surface area contributed by atoms with Crippen molar-refractivity contribution in [1.29, 1.82) is 5.26 Å². The van der Waals surface area contributed by atoms with E-state index in [2.05, 4.69) is 15.3 Å². The minimum absolute atomic E-state index is 0.0954. The molecule has 1 saturated carbocycles. The normalized spacial score (nSPS) is 13.1. The van der Waals surface area contributed by atoms with E-state index in [1.807, 2.05) is 6.07 Å². The van der Waals surface area contributed by atoms with Crippen LogP contribution in [0.2, 0.25) is 0 Å². The highest BCUT2D eigenvalue weighted by Gasteiger charge is 2.25. The molecular formula is C20H14F2N4O. The maximum absolute atomic E-state index is 14.0. The molecule has 1 aliphatic rings. The Kier molecular flexibility index (Phi) is 4.38. The van der Waals surface area contributed by atoms with Crippen molar-refractivity contribution in [2.75, 3.05) is 5.32 Å². The van der Waals surface area contributed by atoms with E-state index in [4.69, 9.17) is 10.00 Å². The molecule has 7 heteroatoms. The molecule has 134 valence electrons. The maximum Gasteiger partial charge on any atom is 0.175 e. The predicted molar refractivity (Wildman–Crippen MR) is 94.9 cm³/mol. The van der Waals surface area contributed by atoms with Gasteiger partial charge < -0.3 is 10.1 Å². The van der Waals surface area contributed by atoms with Gasteiger partial charge in [0, 0.05) is 18.5 Å². The van der Waals surface area contributed by atoms with Crippen LogP contribution >= 0.6 is 0 Å². The van der Waals surface area contributed by atoms with Crippen molar-refractivity contribution < 1.29 is 13.5 Å². The Morgan fingerprint density at radius 1 is 1.04 bits per heavy atom. The summed E-state index contributed by atoms with van der Waals surface area (Å²) in [6.45, 7) is 0. The molecule has 4 rings (SSSR count). The summed E-state index contributed by atoms with van der Waals surface area (Å²) in [6, 6.07) is 10.2. The lowest BCUT2D eigenvalue weighted by Gasteiger charge is -2.13. The van der Waals surface area contributed by atoms with Crippen LogP contribution in [0.4, 0.5) is 20.4 Å². The summed E-state index contributed by atoms with van der Waals surface area (Å²) in [5.41, 5.74) is 1.44. The zero-order chi connectivity index (χ0) is 18.8. The standard InChI is InChI=1S/C20H14F2N4O/c21-15-4-5-17(16(22)8-15)27-18-7-14(13-2-3-13)11-25-20(18)26-19-6-1-12(9-23)10-24-19/h1,4-8,10-11,13H,2-3H2,(H,24,25,26). The summed E-state index contributed by atoms with van der Waals surface area (Å²) in [4.78, 5) is 8.52. The van der Waals surface area contributed by atoms with Gasteiger partial charge in [0.1, 0.15) is 17.7 Å². The Hall–Kier alpha value is -3.53. The van der Waals surface area contributed by atoms with Gasteiger partial charge in [0.05, 0.1) is 5.56 Å². The molecule has 0 amide bonds. The van der Waals surface area contributed by atoms with E-state index in [9.17, 15) is 8.78 Å². The number of nitrogens with zero attached hydrogens (tertiary/aromatic N) is 3. The average molecular weight is 364 g/mol. The molecule has 1 N–H and O–H groups in total. The van der Waals surface area contributed by atoms with Gasteiger partial charge >= 0.3 is 0 Å². The first-order valence-corrected chi connectivity index (χ1v) is 8.38. The highest BCUT2D eigenvalue weighted by atomic mass is 19.1. The number of anilines is 2. The fourth-order valence-corrected chi connectivity index (χ4v) is 2.60. The molecule has 0 aliphatic heterocycles. The lowest BCUT2D eigenvalue weighted by atomic mass is 10.2. The molecule has 27 heavy (non-hydrogen) atoms. The van der Waals surface area contributed by atoms with Crippen molar-refractivity contribution in [2.45, 2.75) is 18.8 Å². The van der Waals surface area contributed by atoms with Crippen LogP contribution in [0.5, 0.6) is 11.5 Å². The van der Waals surface area contributed by atoms with E-state index in [1.165, 1.54) is 12.3 Å². The van der Waals surface area contributed by atoms with Crippen LogP contribution in [-0.2, 0) is 0 Å². The number of nitrogens with one attached hydrogen (secondary N) is 1. The van der Waals surface area contributed by atoms with Gasteiger partial charge in [-0.05, 0) is 54.7 Å². The summed E-state index contributed by atoms with van der Waals surface area (Å²) in [6.07, 6.45) is 5.34. The van der Waals surface area contributed by atoms with E-state index in [0.717, 1.165) is 30.5 Å². The number of nitriles is 1. The number of halogens is 2. The first-order chi connectivity index (χ1) is 13.1. The van der Waals surface area contributed by atoms with E-state index < -0.39 is 11.6 Å². The maximum atomic E-state index is 14.0. The fourth-order valence-electron chi connectivity index (χ4n) is 2.60. The topological polar surface area (TPSA) is 70.8 Å². The van der Waals surface area contributed by atoms with Gasteiger partial charge in [-0.15, -0.1) is 0 Å². The summed E-state index contributed by atoms with van der Waals surface area (Å²) in [5, 5.41) is 11.9. The number of hydrogen-bond acceptors (Lipinski definition) is 5. The highest BCUT2D eigenvalue weighted by Crippen LogP contribution is 2.42. The number of benzene rings is 1. The van der Waals surface area contributed by atoms with Crippen LogP contribution in [0.1, 0.15) is 29.9 Å². The number of pyridine rings is 2. The molecule has 0 spiro atoms. The van der Waals surface area contributed by atoms with Gasteiger partial charge in [0.25, 0.3) is 0 Å².